The van der Waals surface area contributed by atoms with E-state index in [0.29, 0.717) is 11.3 Å². The molecule has 0 saturated heterocycles. The van der Waals surface area contributed by atoms with Crippen LogP contribution in [0.1, 0.15) is 21.5 Å². The Morgan fingerprint density at radius 2 is 1.58 bits per heavy atom. The highest BCUT2D eigenvalue weighted by atomic mass is 16.2. The zero-order chi connectivity index (χ0) is 17.5. The van der Waals surface area contributed by atoms with Gasteiger partial charge in [0, 0.05) is 11.3 Å². The lowest BCUT2D eigenvalue weighted by atomic mass is 10.2. The number of primary amides is 1. The summed E-state index contributed by atoms with van der Waals surface area (Å²) in [6, 6.07) is 13.3. The van der Waals surface area contributed by atoms with Gasteiger partial charge in [0.1, 0.15) is 0 Å². The van der Waals surface area contributed by atoms with Crippen LogP contribution in [0.2, 0.25) is 0 Å². The number of hydrogen-bond donors (Lipinski definition) is 3. The van der Waals surface area contributed by atoms with Gasteiger partial charge in [0.05, 0.1) is 6.21 Å². The largest absolute Gasteiger partial charge is 0.366 e. The third-order valence-electron chi connectivity index (χ3n) is 3.09. The minimum Gasteiger partial charge on any atom is -0.366 e. The summed E-state index contributed by atoms with van der Waals surface area (Å²) >= 11 is 0. The number of hydrazone groups is 1. The second kappa shape index (κ2) is 7.68. The van der Waals surface area contributed by atoms with Crippen molar-refractivity contribution in [2.75, 3.05) is 5.32 Å². The molecule has 2 rings (SSSR count). The lowest BCUT2D eigenvalue weighted by Gasteiger charge is -2.04. The number of nitrogens with two attached hydrogens (primary N) is 1. The lowest BCUT2D eigenvalue weighted by Crippen LogP contribution is -2.32. The van der Waals surface area contributed by atoms with Gasteiger partial charge >= 0.3 is 11.8 Å². The smallest absolute Gasteiger partial charge is 0.329 e. The predicted molar refractivity (Wildman–Crippen MR) is 90.5 cm³/mol. The normalized spacial score (nSPS) is 10.4. The summed E-state index contributed by atoms with van der Waals surface area (Å²) in [6.07, 6.45) is 1.44. The molecule has 0 unspecified atom stereocenters. The van der Waals surface area contributed by atoms with E-state index in [0.717, 1.165) is 11.1 Å². The monoisotopic (exact) mass is 324 g/mol. The van der Waals surface area contributed by atoms with E-state index >= 15 is 0 Å². The number of anilines is 1. The van der Waals surface area contributed by atoms with Gasteiger partial charge in [0.15, 0.2) is 0 Å². The van der Waals surface area contributed by atoms with E-state index in [1.54, 1.807) is 0 Å². The number of carbonyl (C=O) groups is 3. The fourth-order valence-corrected chi connectivity index (χ4v) is 1.77. The molecule has 0 heterocycles. The van der Waals surface area contributed by atoms with E-state index in [1.807, 2.05) is 31.2 Å². The molecular weight excluding hydrogens is 308 g/mol. The Morgan fingerprint density at radius 3 is 2.17 bits per heavy atom. The number of nitrogens with one attached hydrogen (secondary N) is 2. The first kappa shape index (κ1) is 16.9. The minimum absolute atomic E-state index is 0.306. The Kier molecular flexibility index (Phi) is 5.40. The van der Waals surface area contributed by atoms with Crippen molar-refractivity contribution in [1.29, 1.82) is 0 Å². The predicted octanol–water partition coefficient (Wildman–Crippen LogP) is 1.18. The molecule has 0 aliphatic heterocycles. The molecule has 2 aromatic rings. The summed E-state index contributed by atoms with van der Waals surface area (Å²) in [5, 5.41) is 6.11. The van der Waals surface area contributed by atoms with Crippen LogP contribution in [0.3, 0.4) is 0 Å². The van der Waals surface area contributed by atoms with Crippen molar-refractivity contribution in [3.8, 4) is 0 Å². The second-order valence-corrected chi connectivity index (χ2v) is 5.01. The molecule has 24 heavy (non-hydrogen) atoms. The van der Waals surface area contributed by atoms with Crippen LogP contribution in [0, 0.1) is 6.92 Å². The molecule has 7 heteroatoms. The Hall–Kier alpha value is -3.48. The summed E-state index contributed by atoms with van der Waals surface area (Å²) in [7, 11) is 0. The fourth-order valence-electron chi connectivity index (χ4n) is 1.77. The molecule has 0 fully saturated rings. The van der Waals surface area contributed by atoms with E-state index in [2.05, 4.69) is 15.8 Å². The average Bonchev–Trinajstić information content (AvgIpc) is 2.57. The average molecular weight is 324 g/mol. The number of nitrogens with zero attached hydrogens (tertiary/aromatic N) is 1. The molecule has 7 nitrogen and oxygen atoms in total. The van der Waals surface area contributed by atoms with Gasteiger partial charge in [-0.2, -0.15) is 5.10 Å². The van der Waals surface area contributed by atoms with Crippen molar-refractivity contribution >= 4 is 29.6 Å². The van der Waals surface area contributed by atoms with Crippen LogP contribution in [0.15, 0.2) is 53.6 Å². The number of hydrogen-bond acceptors (Lipinski definition) is 4. The van der Waals surface area contributed by atoms with Crippen LogP contribution in [-0.2, 0) is 9.59 Å². The topological polar surface area (TPSA) is 114 Å². The van der Waals surface area contributed by atoms with E-state index in [9.17, 15) is 14.4 Å². The molecule has 4 N–H and O–H groups in total. The van der Waals surface area contributed by atoms with Crippen LogP contribution in [0.25, 0.3) is 0 Å². The van der Waals surface area contributed by atoms with Crippen molar-refractivity contribution in [2.24, 2.45) is 10.8 Å². The minimum atomic E-state index is -0.905. The van der Waals surface area contributed by atoms with Gasteiger partial charge in [-0.25, -0.2) is 5.43 Å². The highest BCUT2D eigenvalue weighted by Crippen LogP contribution is 2.08. The number of aryl methyl sites for hydroxylation is 1. The van der Waals surface area contributed by atoms with E-state index in [4.69, 9.17) is 5.73 Å². The molecular formula is C17H16N4O3. The molecule has 0 aliphatic rings. The molecule has 122 valence electrons. The third-order valence-corrected chi connectivity index (χ3v) is 3.09. The third kappa shape index (κ3) is 4.77. The summed E-state index contributed by atoms with van der Waals surface area (Å²) in [5.41, 5.74) is 9.83. The molecule has 0 atom stereocenters. The van der Waals surface area contributed by atoms with E-state index in [-0.39, 0.29) is 0 Å². The first-order valence-electron chi connectivity index (χ1n) is 7.06. The Balaban J connectivity index is 1.88. The van der Waals surface area contributed by atoms with Gasteiger partial charge < -0.3 is 11.1 Å². The first-order chi connectivity index (χ1) is 11.5. The Labute approximate surface area is 138 Å². The maximum Gasteiger partial charge on any atom is 0.329 e. The summed E-state index contributed by atoms with van der Waals surface area (Å²) in [6.45, 7) is 1.96. The molecule has 0 spiro atoms. The number of benzene rings is 2. The van der Waals surface area contributed by atoms with Gasteiger partial charge in [-0.15, -0.1) is 0 Å². The highest BCUT2D eigenvalue weighted by molar-refractivity contribution is 6.39. The quantitative estimate of drug-likeness (QED) is 0.446. The molecule has 0 saturated carbocycles. The summed E-state index contributed by atoms with van der Waals surface area (Å²) < 4.78 is 0. The Bertz CT molecular complexity index is 780. The number of carbonyl (C=O) groups excluding carboxylic acids is 3. The van der Waals surface area contributed by atoms with Crippen LogP contribution < -0.4 is 16.5 Å². The standard InChI is InChI=1S/C17H16N4O3/c1-11-2-4-12(5-3-11)10-19-21-17(24)16(23)20-14-8-6-13(7-9-14)15(18)22/h2-10H,1H3,(H2,18,22)(H,20,23)(H,21,24)/b19-10+. The highest BCUT2D eigenvalue weighted by Gasteiger charge is 2.13. The van der Waals surface area contributed by atoms with Crippen molar-refractivity contribution in [3.63, 3.8) is 0 Å². The molecule has 3 amide bonds. The maximum absolute atomic E-state index is 11.7. The van der Waals surface area contributed by atoms with Crippen LogP contribution in [0.5, 0.6) is 0 Å². The van der Waals surface area contributed by atoms with Crippen molar-refractivity contribution in [3.05, 3.63) is 65.2 Å². The zero-order valence-electron chi connectivity index (χ0n) is 12.9. The van der Waals surface area contributed by atoms with Crippen LogP contribution >= 0.6 is 0 Å². The molecule has 0 radical (unpaired) electrons. The van der Waals surface area contributed by atoms with Crippen molar-refractivity contribution < 1.29 is 14.4 Å². The van der Waals surface area contributed by atoms with Gasteiger partial charge in [-0.05, 0) is 36.8 Å². The number of rotatable bonds is 4. The maximum atomic E-state index is 11.7. The van der Waals surface area contributed by atoms with Crippen LogP contribution in [-0.4, -0.2) is 23.9 Å². The first-order valence-corrected chi connectivity index (χ1v) is 7.06. The van der Waals surface area contributed by atoms with Crippen molar-refractivity contribution in [1.82, 2.24) is 5.43 Å². The van der Waals surface area contributed by atoms with Gasteiger partial charge in [-0.3, -0.25) is 14.4 Å². The molecule has 0 bridgehead atoms. The lowest BCUT2D eigenvalue weighted by molar-refractivity contribution is -0.136. The van der Waals surface area contributed by atoms with Gasteiger partial charge in [0.25, 0.3) is 0 Å². The van der Waals surface area contributed by atoms with Crippen LogP contribution in [0.4, 0.5) is 5.69 Å². The van der Waals surface area contributed by atoms with E-state index < -0.39 is 17.7 Å². The van der Waals surface area contributed by atoms with Gasteiger partial charge in [-0.1, -0.05) is 29.8 Å². The number of amides is 3. The van der Waals surface area contributed by atoms with Gasteiger partial charge in [0.2, 0.25) is 5.91 Å². The SMILES string of the molecule is Cc1ccc(/C=N/NC(=O)C(=O)Nc2ccc(C(N)=O)cc2)cc1. The van der Waals surface area contributed by atoms with E-state index in [1.165, 1.54) is 30.5 Å². The fraction of sp³-hybridized carbons (Fsp3) is 0.0588. The molecule has 2 aromatic carbocycles. The molecule has 0 aromatic heterocycles. The Morgan fingerprint density at radius 1 is 0.958 bits per heavy atom. The summed E-state index contributed by atoms with van der Waals surface area (Å²) in [4.78, 5) is 34.3. The molecule has 0 aliphatic carbocycles. The zero-order valence-corrected chi connectivity index (χ0v) is 12.9. The van der Waals surface area contributed by atoms with Crippen molar-refractivity contribution in [2.45, 2.75) is 6.92 Å². The summed E-state index contributed by atoms with van der Waals surface area (Å²) in [5.74, 6) is -2.35. The second-order valence-electron chi connectivity index (χ2n) is 5.01.